The zero-order chi connectivity index (χ0) is 10.8. The molecule has 5 heteroatoms. The van der Waals surface area contributed by atoms with Gasteiger partial charge in [0.15, 0.2) is 5.16 Å². The van der Waals surface area contributed by atoms with E-state index in [1.165, 1.54) is 10.3 Å². The largest absolute Gasteiger partial charge is 0.326 e. The van der Waals surface area contributed by atoms with Crippen LogP contribution in [0.15, 0.2) is 11.2 Å². The summed E-state index contributed by atoms with van der Waals surface area (Å²) in [5.74, 6) is 0. The fourth-order valence-electron chi connectivity index (χ4n) is 1.47. The van der Waals surface area contributed by atoms with Crippen LogP contribution in [0.4, 0.5) is 0 Å². The Bertz CT molecular complexity index is 479. The predicted molar refractivity (Wildman–Crippen MR) is 66.5 cm³/mol. The lowest BCUT2D eigenvalue weighted by atomic mass is 10.2. The van der Waals surface area contributed by atoms with E-state index in [4.69, 9.17) is 5.73 Å². The summed E-state index contributed by atoms with van der Waals surface area (Å²) in [4.78, 5) is 11.2. The van der Waals surface area contributed by atoms with Crippen molar-refractivity contribution in [1.29, 1.82) is 0 Å². The van der Waals surface area contributed by atoms with Crippen LogP contribution >= 0.6 is 23.1 Å². The first kappa shape index (κ1) is 10.9. The highest BCUT2D eigenvalue weighted by atomic mass is 32.2. The first-order valence-corrected chi connectivity index (χ1v) is 6.86. The Morgan fingerprint density at radius 3 is 2.87 bits per heavy atom. The van der Waals surface area contributed by atoms with Crippen LogP contribution in [-0.4, -0.2) is 16.2 Å². The van der Waals surface area contributed by atoms with Gasteiger partial charge in [-0.1, -0.05) is 18.7 Å². The standard InChI is InChI=1S/C10H13N3S2/c1-3-8-7-4-6(5-11)15-9(7)13-10(12-8)14-2/h4H,3,5,11H2,1-2H3. The van der Waals surface area contributed by atoms with Gasteiger partial charge in [0.05, 0.1) is 5.69 Å². The molecule has 0 aliphatic heterocycles. The van der Waals surface area contributed by atoms with Crippen molar-refractivity contribution in [3.63, 3.8) is 0 Å². The van der Waals surface area contributed by atoms with Crippen LogP contribution < -0.4 is 5.73 Å². The smallest absolute Gasteiger partial charge is 0.188 e. The number of aryl methyl sites for hydroxylation is 1. The summed E-state index contributed by atoms with van der Waals surface area (Å²) in [7, 11) is 0. The Kier molecular flexibility index (Phi) is 3.23. The molecule has 0 fully saturated rings. The van der Waals surface area contributed by atoms with E-state index in [1.807, 2.05) is 6.26 Å². The molecule has 15 heavy (non-hydrogen) atoms. The highest BCUT2D eigenvalue weighted by Crippen LogP contribution is 2.27. The maximum absolute atomic E-state index is 5.63. The lowest BCUT2D eigenvalue weighted by Gasteiger charge is -2.00. The second-order valence-corrected chi connectivity index (χ2v) is 5.03. The van der Waals surface area contributed by atoms with Crippen LogP contribution in [0.3, 0.4) is 0 Å². The number of aromatic nitrogens is 2. The summed E-state index contributed by atoms with van der Waals surface area (Å²) < 4.78 is 0. The van der Waals surface area contributed by atoms with Crippen LogP contribution in [0.2, 0.25) is 0 Å². The third kappa shape index (κ3) is 2.00. The van der Waals surface area contributed by atoms with Crippen molar-refractivity contribution in [2.45, 2.75) is 25.0 Å². The Hall–Kier alpha value is -0.650. The topological polar surface area (TPSA) is 51.8 Å². The molecule has 0 radical (unpaired) electrons. The van der Waals surface area contributed by atoms with Crippen LogP contribution in [0, 0.1) is 0 Å². The van der Waals surface area contributed by atoms with Gasteiger partial charge in [0.25, 0.3) is 0 Å². The summed E-state index contributed by atoms with van der Waals surface area (Å²) in [5.41, 5.74) is 6.76. The van der Waals surface area contributed by atoms with Crippen molar-refractivity contribution in [2.75, 3.05) is 6.26 Å². The van der Waals surface area contributed by atoms with Gasteiger partial charge in [-0.2, -0.15) is 0 Å². The number of nitrogens with two attached hydrogens (primary N) is 1. The Morgan fingerprint density at radius 1 is 1.47 bits per heavy atom. The third-order valence-electron chi connectivity index (χ3n) is 2.22. The van der Waals surface area contributed by atoms with Gasteiger partial charge in [-0.15, -0.1) is 11.3 Å². The molecule has 0 spiro atoms. The van der Waals surface area contributed by atoms with Crippen molar-refractivity contribution in [3.8, 4) is 0 Å². The molecule has 0 saturated heterocycles. The van der Waals surface area contributed by atoms with Crippen molar-refractivity contribution in [2.24, 2.45) is 5.73 Å². The highest BCUT2D eigenvalue weighted by Gasteiger charge is 2.09. The summed E-state index contributed by atoms with van der Waals surface area (Å²) in [6, 6.07) is 2.11. The van der Waals surface area contributed by atoms with Crippen molar-refractivity contribution >= 4 is 33.3 Å². The molecule has 3 nitrogen and oxygen atoms in total. The van der Waals surface area contributed by atoms with Crippen molar-refractivity contribution in [3.05, 3.63) is 16.6 Å². The molecule has 2 rings (SSSR count). The van der Waals surface area contributed by atoms with E-state index in [-0.39, 0.29) is 0 Å². The van der Waals surface area contributed by atoms with E-state index in [1.54, 1.807) is 23.1 Å². The second-order valence-electron chi connectivity index (χ2n) is 3.15. The molecule has 0 amide bonds. The zero-order valence-corrected chi connectivity index (χ0v) is 10.4. The molecule has 0 bridgehead atoms. The number of thiophene rings is 1. The van der Waals surface area contributed by atoms with Crippen molar-refractivity contribution < 1.29 is 0 Å². The molecular weight excluding hydrogens is 226 g/mol. The minimum Gasteiger partial charge on any atom is -0.326 e. The van der Waals surface area contributed by atoms with Crippen LogP contribution in [0.5, 0.6) is 0 Å². The number of nitrogens with zero attached hydrogens (tertiary/aromatic N) is 2. The molecule has 80 valence electrons. The molecular formula is C10H13N3S2. The minimum absolute atomic E-state index is 0.582. The SMILES string of the molecule is CCc1nc(SC)nc2sc(CN)cc12. The summed E-state index contributed by atoms with van der Waals surface area (Å²) in [5, 5.41) is 2.02. The Morgan fingerprint density at radius 2 is 2.27 bits per heavy atom. The number of thioether (sulfide) groups is 1. The fraction of sp³-hybridized carbons (Fsp3) is 0.400. The van der Waals surface area contributed by atoms with Gasteiger partial charge in [0.1, 0.15) is 4.83 Å². The van der Waals surface area contributed by atoms with Gasteiger partial charge in [0, 0.05) is 16.8 Å². The number of hydrogen-bond donors (Lipinski definition) is 1. The average molecular weight is 239 g/mol. The lowest BCUT2D eigenvalue weighted by molar-refractivity contribution is 0.928. The van der Waals surface area contributed by atoms with Crippen LogP contribution in [-0.2, 0) is 13.0 Å². The van der Waals surface area contributed by atoms with Gasteiger partial charge in [-0.3, -0.25) is 0 Å². The second kappa shape index (κ2) is 4.47. The summed E-state index contributed by atoms with van der Waals surface area (Å²) in [6.45, 7) is 2.70. The highest BCUT2D eigenvalue weighted by molar-refractivity contribution is 7.98. The number of hydrogen-bond acceptors (Lipinski definition) is 5. The molecule has 0 aliphatic rings. The molecule has 2 N–H and O–H groups in total. The molecule has 2 aromatic heterocycles. The number of rotatable bonds is 3. The van der Waals surface area contributed by atoms with E-state index >= 15 is 0 Å². The van der Waals surface area contributed by atoms with E-state index in [0.29, 0.717) is 6.54 Å². The van der Waals surface area contributed by atoms with E-state index < -0.39 is 0 Å². The van der Waals surface area contributed by atoms with E-state index in [0.717, 1.165) is 22.1 Å². The van der Waals surface area contributed by atoms with Crippen LogP contribution in [0.25, 0.3) is 10.2 Å². The summed E-state index contributed by atoms with van der Waals surface area (Å²) in [6.07, 6.45) is 2.94. The molecule has 0 aliphatic carbocycles. The van der Waals surface area contributed by atoms with Gasteiger partial charge in [0.2, 0.25) is 0 Å². The molecule has 0 saturated carbocycles. The van der Waals surface area contributed by atoms with Gasteiger partial charge in [-0.25, -0.2) is 9.97 Å². The first-order chi connectivity index (χ1) is 7.28. The normalized spacial score (nSPS) is 11.1. The first-order valence-electron chi connectivity index (χ1n) is 4.81. The zero-order valence-electron chi connectivity index (χ0n) is 8.78. The number of fused-ring (bicyclic) bond motifs is 1. The molecule has 0 unspecified atom stereocenters. The molecule has 0 atom stereocenters. The summed E-state index contributed by atoms with van der Waals surface area (Å²) >= 11 is 3.25. The quantitative estimate of drug-likeness (QED) is 0.660. The van der Waals surface area contributed by atoms with Gasteiger partial charge < -0.3 is 5.73 Å². The van der Waals surface area contributed by atoms with E-state index in [9.17, 15) is 0 Å². The molecule has 2 heterocycles. The fourth-order valence-corrected chi connectivity index (χ4v) is 2.84. The minimum atomic E-state index is 0.582. The maximum Gasteiger partial charge on any atom is 0.188 e. The molecule has 2 aromatic rings. The van der Waals surface area contributed by atoms with Gasteiger partial charge >= 0.3 is 0 Å². The van der Waals surface area contributed by atoms with Crippen LogP contribution in [0.1, 0.15) is 17.5 Å². The van der Waals surface area contributed by atoms with Crippen molar-refractivity contribution in [1.82, 2.24) is 9.97 Å². The monoisotopic (exact) mass is 239 g/mol. The maximum atomic E-state index is 5.63. The average Bonchev–Trinajstić information content (AvgIpc) is 2.70. The predicted octanol–water partition coefficient (Wildman–Crippen LogP) is 2.43. The Balaban J connectivity index is 2.66. The lowest BCUT2D eigenvalue weighted by Crippen LogP contribution is -1.93. The van der Waals surface area contributed by atoms with E-state index in [2.05, 4.69) is 23.0 Å². The third-order valence-corrected chi connectivity index (χ3v) is 3.82. The van der Waals surface area contributed by atoms with Gasteiger partial charge in [-0.05, 0) is 18.7 Å². The molecule has 0 aromatic carbocycles. The Labute approximate surface area is 97.1 Å².